The number of benzene rings is 2. The Labute approximate surface area is 150 Å². The van der Waals surface area contributed by atoms with Crippen LogP contribution in [0.5, 0.6) is 5.75 Å². The van der Waals surface area contributed by atoms with Crippen LogP contribution in [0.25, 0.3) is 0 Å². The first-order valence-corrected chi connectivity index (χ1v) is 7.74. The smallest absolute Gasteiger partial charge is 0.337 e. The summed E-state index contributed by atoms with van der Waals surface area (Å²) in [5.41, 5.74) is 2.03. The first-order valence-electron chi connectivity index (χ1n) is 7.74. The summed E-state index contributed by atoms with van der Waals surface area (Å²) in [7, 11) is 2.96. The van der Waals surface area contributed by atoms with E-state index in [-0.39, 0.29) is 5.97 Å². The third-order valence-corrected chi connectivity index (χ3v) is 3.48. The van der Waals surface area contributed by atoms with Gasteiger partial charge in [-0.2, -0.15) is 10.1 Å². The maximum Gasteiger partial charge on any atom is 0.337 e. The maximum absolute atomic E-state index is 11.4. The lowest BCUT2D eigenvalue weighted by Crippen LogP contribution is -2.03. The molecule has 3 aromatic rings. The highest BCUT2D eigenvalue weighted by Crippen LogP contribution is 2.19. The summed E-state index contributed by atoms with van der Waals surface area (Å²) in [5.74, 6) is 1.25. The standard InChI is InChI=1S/C18H17N5O3/c1-25-15-9-7-13(8-10-15)20-16-11-19-23-18(22-16)21-14-5-3-12(4-6-14)17(24)26-2/h3-11H,1-2H3,(H2,20,21,22,23). The van der Waals surface area contributed by atoms with Crippen molar-refractivity contribution in [3.05, 3.63) is 60.3 Å². The Morgan fingerprint density at radius 1 is 0.923 bits per heavy atom. The van der Waals surface area contributed by atoms with E-state index in [9.17, 15) is 4.79 Å². The van der Waals surface area contributed by atoms with Gasteiger partial charge in [0.25, 0.3) is 0 Å². The highest BCUT2D eigenvalue weighted by Gasteiger charge is 2.06. The van der Waals surface area contributed by atoms with Gasteiger partial charge in [-0.25, -0.2) is 4.79 Å². The number of aromatic nitrogens is 3. The Morgan fingerprint density at radius 3 is 2.23 bits per heavy atom. The summed E-state index contributed by atoms with van der Waals surface area (Å²) >= 11 is 0. The zero-order valence-corrected chi connectivity index (χ0v) is 14.3. The van der Waals surface area contributed by atoms with Crippen molar-refractivity contribution in [3.8, 4) is 5.75 Å². The van der Waals surface area contributed by atoms with Gasteiger partial charge in [-0.1, -0.05) is 0 Å². The van der Waals surface area contributed by atoms with Crippen molar-refractivity contribution in [2.75, 3.05) is 24.9 Å². The molecule has 0 amide bonds. The Hall–Kier alpha value is -3.68. The molecule has 0 radical (unpaired) electrons. The van der Waals surface area contributed by atoms with Crippen molar-refractivity contribution in [2.24, 2.45) is 0 Å². The molecule has 0 spiro atoms. The summed E-state index contributed by atoms with van der Waals surface area (Å²) in [6, 6.07) is 14.2. The van der Waals surface area contributed by atoms with E-state index in [1.165, 1.54) is 13.3 Å². The molecular weight excluding hydrogens is 334 g/mol. The number of nitrogens with one attached hydrogen (secondary N) is 2. The monoisotopic (exact) mass is 351 g/mol. The molecule has 2 aromatic carbocycles. The van der Waals surface area contributed by atoms with Crippen molar-refractivity contribution >= 4 is 29.1 Å². The second-order valence-electron chi connectivity index (χ2n) is 5.21. The number of hydrogen-bond acceptors (Lipinski definition) is 8. The van der Waals surface area contributed by atoms with Crippen LogP contribution < -0.4 is 15.4 Å². The number of hydrogen-bond donors (Lipinski definition) is 2. The van der Waals surface area contributed by atoms with Crippen LogP contribution in [0.2, 0.25) is 0 Å². The van der Waals surface area contributed by atoms with Crippen LogP contribution in [0.15, 0.2) is 54.7 Å². The van der Waals surface area contributed by atoms with Crippen LogP contribution in [0.3, 0.4) is 0 Å². The van der Waals surface area contributed by atoms with Gasteiger partial charge in [0.05, 0.1) is 26.0 Å². The van der Waals surface area contributed by atoms with Gasteiger partial charge in [-0.15, -0.1) is 5.10 Å². The van der Waals surface area contributed by atoms with Gasteiger partial charge in [0, 0.05) is 11.4 Å². The molecule has 1 heterocycles. The molecule has 0 bridgehead atoms. The quantitative estimate of drug-likeness (QED) is 0.654. The van der Waals surface area contributed by atoms with Crippen LogP contribution in [0.1, 0.15) is 10.4 Å². The van der Waals surface area contributed by atoms with Crippen LogP contribution in [-0.2, 0) is 4.74 Å². The van der Waals surface area contributed by atoms with Crippen LogP contribution in [0, 0.1) is 0 Å². The molecule has 26 heavy (non-hydrogen) atoms. The molecule has 0 saturated carbocycles. The number of carbonyl (C=O) groups excluding carboxylic acids is 1. The van der Waals surface area contributed by atoms with Crippen molar-refractivity contribution < 1.29 is 14.3 Å². The van der Waals surface area contributed by atoms with Crippen LogP contribution in [-0.4, -0.2) is 35.4 Å². The van der Waals surface area contributed by atoms with E-state index in [0.717, 1.165) is 17.1 Å². The highest BCUT2D eigenvalue weighted by atomic mass is 16.5. The molecule has 1 aromatic heterocycles. The van der Waals surface area contributed by atoms with Gasteiger partial charge in [0.1, 0.15) is 5.75 Å². The zero-order chi connectivity index (χ0) is 18.4. The summed E-state index contributed by atoms with van der Waals surface area (Å²) in [4.78, 5) is 15.8. The minimum absolute atomic E-state index is 0.328. The lowest BCUT2D eigenvalue weighted by molar-refractivity contribution is 0.0601. The molecule has 0 aliphatic rings. The average Bonchev–Trinajstić information content (AvgIpc) is 2.69. The third kappa shape index (κ3) is 4.23. The molecule has 0 unspecified atom stereocenters. The molecule has 3 rings (SSSR count). The third-order valence-electron chi connectivity index (χ3n) is 3.48. The molecule has 8 heteroatoms. The molecule has 0 atom stereocenters. The van der Waals surface area contributed by atoms with Crippen molar-refractivity contribution in [2.45, 2.75) is 0 Å². The van der Waals surface area contributed by atoms with E-state index in [1.54, 1.807) is 31.4 Å². The Morgan fingerprint density at radius 2 is 1.58 bits per heavy atom. The molecule has 0 aliphatic carbocycles. The number of methoxy groups -OCH3 is 2. The first kappa shape index (κ1) is 17.2. The fourth-order valence-corrected chi connectivity index (χ4v) is 2.18. The molecule has 8 nitrogen and oxygen atoms in total. The van der Waals surface area contributed by atoms with Gasteiger partial charge >= 0.3 is 5.97 Å². The van der Waals surface area contributed by atoms with E-state index in [4.69, 9.17) is 4.74 Å². The normalized spacial score (nSPS) is 10.1. The predicted molar refractivity (Wildman–Crippen MR) is 97.2 cm³/mol. The summed E-state index contributed by atoms with van der Waals surface area (Å²) in [6.45, 7) is 0. The van der Waals surface area contributed by atoms with Gasteiger partial charge in [-0.3, -0.25) is 0 Å². The summed E-state index contributed by atoms with van der Waals surface area (Å²) < 4.78 is 9.80. The zero-order valence-electron chi connectivity index (χ0n) is 14.3. The minimum atomic E-state index is -0.389. The fourth-order valence-electron chi connectivity index (χ4n) is 2.18. The van der Waals surface area contributed by atoms with E-state index in [2.05, 4.69) is 30.6 Å². The maximum atomic E-state index is 11.4. The average molecular weight is 351 g/mol. The van der Waals surface area contributed by atoms with E-state index in [1.807, 2.05) is 24.3 Å². The van der Waals surface area contributed by atoms with E-state index >= 15 is 0 Å². The number of rotatable bonds is 6. The van der Waals surface area contributed by atoms with Crippen molar-refractivity contribution in [3.63, 3.8) is 0 Å². The van der Waals surface area contributed by atoms with Crippen molar-refractivity contribution in [1.82, 2.24) is 15.2 Å². The second-order valence-corrected chi connectivity index (χ2v) is 5.21. The van der Waals surface area contributed by atoms with Crippen LogP contribution in [0.4, 0.5) is 23.1 Å². The number of carbonyl (C=O) groups is 1. The predicted octanol–water partition coefficient (Wildman–Crippen LogP) is 3.15. The molecule has 0 saturated heterocycles. The molecule has 0 aliphatic heterocycles. The number of anilines is 4. The topological polar surface area (TPSA) is 98.3 Å². The van der Waals surface area contributed by atoms with Gasteiger partial charge < -0.3 is 20.1 Å². The molecular formula is C18H17N5O3. The Balaban J connectivity index is 1.69. The van der Waals surface area contributed by atoms with Gasteiger partial charge in [0.15, 0.2) is 5.82 Å². The van der Waals surface area contributed by atoms with E-state index < -0.39 is 0 Å². The minimum Gasteiger partial charge on any atom is -0.497 e. The first-order chi connectivity index (χ1) is 12.7. The number of ether oxygens (including phenoxy) is 2. The lowest BCUT2D eigenvalue weighted by Gasteiger charge is -2.08. The second kappa shape index (κ2) is 7.93. The van der Waals surface area contributed by atoms with Gasteiger partial charge in [0.2, 0.25) is 5.95 Å². The van der Waals surface area contributed by atoms with Gasteiger partial charge in [-0.05, 0) is 48.5 Å². The largest absolute Gasteiger partial charge is 0.497 e. The Bertz CT molecular complexity index is 882. The SMILES string of the molecule is COC(=O)c1ccc(Nc2nncc(Nc3ccc(OC)cc3)n2)cc1. The van der Waals surface area contributed by atoms with Crippen LogP contribution >= 0.6 is 0 Å². The molecule has 132 valence electrons. The Kier molecular flexibility index (Phi) is 5.23. The lowest BCUT2D eigenvalue weighted by atomic mass is 10.2. The number of nitrogens with zero attached hydrogens (tertiary/aromatic N) is 3. The van der Waals surface area contributed by atoms with Crippen molar-refractivity contribution in [1.29, 1.82) is 0 Å². The van der Waals surface area contributed by atoms with E-state index in [0.29, 0.717) is 17.3 Å². The summed E-state index contributed by atoms with van der Waals surface area (Å²) in [5, 5.41) is 14.1. The highest BCUT2D eigenvalue weighted by molar-refractivity contribution is 5.89. The number of esters is 1. The molecule has 0 fully saturated rings. The fraction of sp³-hybridized carbons (Fsp3) is 0.111. The molecule has 2 N–H and O–H groups in total. The summed E-state index contributed by atoms with van der Waals surface area (Å²) in [6.07, 6.45) is 1.52.